The van der Waals surface area contributed by atoms with Crippen LogP contribution >= 0.6 is 0 Å². The van der Waals surface area contributed by atoms with E-state index in [1.54, 1.807) is 14.0 Å². The van der Waals surface area contributed by atoms with Gasteiger partial charge in [0, 0.05) is 6.54 Å². The summed E-state index contributed by atoms with van der Waals surface area (Å²) in [5.41, 5.74) is 3.14. The lowest BCUT2D eigenvalue weighted by Crippen LogP contribution is -2.36. The number of rotatable bonds is 9. The molecule has 0 radical (unpaired) electrons. The Hall–Kier alpha value is -2.69. The zero-order valence-electron chi connectivity index (χ0n) is 17.7. The third-order valence-electron chi connectivity index (χ3n) is 4.46. The highest BCUT2D eigenvalue weighted by Gasteiger charge is 2.17. The van der Waals surface area contributed by atoms with Gasteiger partial charge in [-0.2, -0.15) is 0 Å². The number of methoxy groups -OCH3 is 1. The van der Waals surface area contributed by atoms with Gasteiger partial charge in [0.05, 0.1) is 13.7 Å². The number of aryl methyl sites for hydroxylation is 1. The molecule has 2 rings (SSSR count). The molecule has 5 nitrogen and oxygen atoms in total. The van der Waals surface area contributed by atoms with Gasteiger partial charge >= 0.3 is 0 Å². The molecule has 0 spiro atoms. The second-order valence-electron chi connectivity index (χ2n) is 7.09. The van der Waals surface area contributed by atoms with E-state index in [4.69, 9.17) is 14.2 Å². The van der Waals surface area contributed by atoms with E-state index >= 15 is 0 Å². The first-order chi connectivity index (χ1) is 13.3. The third kappa shape index (κ3) is 5.65. The van der Waals surface area contributed by atoms with Crippen LogP contribution in [0.15, 0.2) is 36.4 Å². The minimum atomic E-state index is -0.594. The molecule has 0 unspecified atom stereocenters. The summed E-state index contributed by atoms with van der Waals surface area (Å²) in [6.07, 6.45) is -0.594. The van der Waals surface area contributed by atoms with Gasteiger partial charge in [-0.25, -0.2) is 0 Å². The fraction of sp³-hybridized carbons (Fsp3) is 0.435. The van der Waals surface area contributed by atoms with E-state index in [9.17, 15) is 4.79 Å². The monoisotopic (exact) mass is 385 g/mol. The molecule has 0 aromatic heterocycles. The molecule has 0 fully saturated rings. The van der Waals surface area contributed by atoms with Gasteiger partial charge in [-0.15, -0.1) is 0 Å². The van der Waals surface area contributed by atoms with Gasteiger partial charge in [0.15, 0.2) is 17.6 Å². The standard InChI is InChI=1S/C23H31NO4/c1-7-27-22-13-18(9-11-20(22)26-6)14-24-23(25)17(5)28-21-12-16(4)8-10-19(21)15(2)3/h8-13,15,17H,7,14H2,1-6H3,(H,24,25)/t17-/m0/s1. The van der Waals surface area contributed by atoms with Crippen molar-refractivity contribution in [2.24, 2.45) is 0 Å². The molecule has 1 atom stereocenters. The highest BCUT2D eigenvalue weighted by Crippen LogP contribution is 2.29. The van der Waals surface area contributed by atoms with Gasteiger partial charge in [-0.1, -0.05) is 32.0 Å². The molecular formula is C23H31NO4. The number of benzene rings is 2. The minimum Gasteiger partial charge on any atom is -0.493 e. The van der Waals surface area contributed by atoms with Gasteiger partial charge < -0.3 is 19.5 Å². The Kier molecular flexibility index (Phi) is 7.73. The Morgan fingerprint density at radius 3 is 2.43 bits per heavy atom. The largest absolute Gasteiger partial charge is 0.493 e. The van der Waals surface area contributed by atoms with Crippen LogP contribution in [0.5, 0.6) is 17.2 Å². The zero-order chi connectivity index (χ0) is 20.7. The number of nitrogens with one attached hydrogen (secondary N) is 1. The van der Waals surface area contributed by atoms with Crippen LogP contribution in [0.25, 0.3) is 0 Å². The average molecular weight is 386 g/mol. The predicted octanol–water partition coefficient (Wildman–Crippen LogP) is 4.61. The van der Waals surface area contributed by atoms with Gasteiger partial charge in [0.25, 0.3) is 5.91 Å². The number of amides is 1. The Labute approximate surface area is 168 Å². The first-order valence-electron chi connectivity index (χ1n) is 9.70. The van der Waals surface area contributed by atoms with Crippen LogP contribution in [0.4, 0.5) is 0 Å². The summed E-state index contributed by atoms with van der Waals surface area (Å²) in [5, 5.41) is 2.93. The smallest absolute Gasteiger partial charge is 0.261 e. The highest BCUT2D eigenvalue weighted by molar-refractivity contribution is 5.80. The van der Waals surface area contributed by atoms with Gasteiger partial charge in [0.2, 0.25) is 0 Å². The van der Waals surface area contributed by atoms with Gasteiger partial charge in [-0.3, -0.25) is 4.79 Å². The van der Waals surface area contributed by atoms with Crippen LogP contribution < -0.4 is 19.5 Å². The average Bonchev–Trinajstić information content (AvgIpc) is 2.66. The fourth-order valence-corrected chi connectivity index (χ4v) is 2.90. The van der Waals surface area contributed by atoms with Crippen molar-refractivity contribution in [3.05, 3.63) is 53.1 Å². The summed E-state index contributed by atoms with van der Waals surface area (Å²) in [6, 6.07) is 11.7. The Bertz CT molecular complexity index is 801. The van der Waals surface area contributed by atoms with E-state index in [0.717, 1.165) is 22.4 Å². The normalized spacial score (nSPS) is 11.8. The summed E-state index contributed by atoms with van der Waals surface area (Å²) in [7, 11) is 1.61. The second-order valence-corrected chi connectivity index (χ2v) is 7.09. The van der Waals surface area contributed by atoms with Crippen molar-refractivity contribution < 1.29 is 19.0 Å². The topological polar surface area (TPSA) is 56.8 Å². The van der Waals surface area contributed by atoms with E-state index in [1.807, 2.05) is 38.1 Å². The third-order valence-corrected chi connectivity index (χ3v) is 4.46. The molecule has 1 amide bonds. The molecule has 0 bridgehead atoms. The maximum atomic E-state index is 12.5. The molecular weight excluding hydrogens is 354 g/mol. The molecule has 0 aliphatic heterocycles. The minimum absolute atomic E-state index is 0.162. The summed E-state index contributed by atoms with van der Waals surface area (Å²) in [4.78, 5) is 12.5. The van der Waals surface area contributed by atoms with E-state index in [0.29, 0.717) is 30.6 Å². The van der Waals surface area contributed by atoms with Crippen LogP contribution in [0.2, 0.25) is 0 Å². The number of carbonyl (C=O) groups excluding carboxylic acids is 1. The Morgan fingerprint density at radius 1 is 1.04 bits per heavy atom. The maximum Gasteiger partial charge on any atom is 0.261 e. The number of carbonyl (C=O) groups is 1. The van der Waals surface area contributed by atoms with Crippen LogP contribution in [0.3, 0.4) is 0 Å². The molecule has 2 aromatic rings. The van der Waals surface area contributed by atoms with E-state index in [2.05, 4.69) is 31.3 Å². The molecule has 5 heteroatoms. The van der Waals surface area contributed by atoms with Crippen molar-refractivity contribution in [1.82, 2.24) is 5.32 Å². The lowest BCUT2D eigenvalue weighted by molar-refractivity contribution is -0.127. The van der Waals surface area contributed by atoms with E-state index in [-0.39, 0.29) is 5.91 Å². The highest BCUT2D eigenvalue weighted by atomic mass is 16.5. The number of hydrogen-bond donors (Lipinski definition) is 1. The van der Waals surface area contributed by atoms with Crippen molar-refractivity contribution in [2.45, 2.75) is 53.2 Å². The zero-order valence-corrected chi connectivity index (χ0v) is 17.7. The summed E-state index contributed by atoms with van der Waals surface area (Å²) < 4.78 is 16.9. The van der Waals surface area contributed by atoms with Gasteiger partial charge in [-0.05, 0) is 61.6 Å². The Balaban J connectivity index is 2.02. The number of hydrogen-bond acceptors (Lipinski definition) is 4. The molecule has 28 heavy (non-hydrogen) atoms. The molecule has 2 aromatic carbocycles. The molecule has 0 aliphatic carbocycles. The molecule has 0 saturated carbocycles. The summed E-state index contributed by atoms with van der Waals surface area (Å²) >= 11 is 0. The van der Waals surface area contributed by atoms with Crippen LogP contribution in [-0.4, -0.2) is 25.7 Å². The molecule has 0 aliphatic rings. The van der Waals surface area contributed by atoms with Crippen molar-refractivity contribution in [3.63, 3.8) is 0 Å². The van der Waals surface area contributed by atoms with Crippen molar-refractivity contribution in [3.8, 4) is 17.2 Å². The van der Waals surface area contributed by atoms with Crippen LogP contribution in [0.1, 0.15) is 50.3 Å². The quantitative estimate of drug-likeness (QED) is 0.685. The molecule has 0 saturated heterocycles. The molecule has 152 valence electrons. The van der Waals surface area contributed by atoms with Crippen molar-refractivity contribution in [2.75, 3.05) is 13.7 Å². The van der Waals surface area contributed by atoms with Crippen LogP contribution in [-0.2, 0) is 11.3 Å². The Morgan fingerprint density at radius 2 is 1.79 bits per heavy atom. The molecule has 0 heterocycles. The van der Waals surface area contributed by atoms with Gasteiger partial charge in [0.1, 0.15) is 5.75 Å². The van der Waals surface area contributed by atoms with Crippen LogP contribution in [0, 0.1) is 6.92 Å². The number of ether oxygens (including phenoxy) is 3. The van der Waals surface area contributed by atoms with Crippen molar-refractivity contribution >= 4 is 5.91 Å². The molecule has 1 N–H and O–H groups in total. The SMILES string of the molecule is CCOc1cc(CNC(=O)[C@H](C)Oc2cc(C)ccc2C(C)C)ccc1OC. The summed E-state index contributed by atoms with van der Waals surface area (Å²) in [5.74, 6) is 2.27. The first-order valence-corrected chi connectivity index (χ1v) is 9.70. The van der Waals surface area contributed by atoms with E-state index < -0.39 is 6.10 Å². The predicted molar refractivity (Wildman–Crippen MR) is 111 cm³/mol. The fourth-order valence-electron chi connectivity index (χ4n) is 2.90. The maximum absolute atomic E-state index is 12.5. The summed E-state index contributed by atoms with van der Waals surface area (Å²) in [6.45, 7) is 10.9. The lowest BCUT2D eigenvalue weighted by atomic mass is 10.0. The first kappa shape index (κ1) is 21.6. The lowest BCUT2D eigenvalue weighted by Gasteiger charge is -2.19. The second kappa shape index (κ2) is 10.0. The van der Waals surface area contributed by atoms with E-state index in [1.165, 1.54) is 0 Å². The van der Waals surface area contributed by atoms with Crippen molar-refractivity contribution in [1.29, 1.82) is 0 Å².